The van der Waals surface area contributed by atoms with Gasteiger partial charge in [0.15, 0.2) is 0 Å². The second-order valence-corrected chi connectivity index (χ2v) is 7.18. The molecular weight excluding hydrogens is 333 g/mol. The number of aliphatic carboxylic acids is 1. The highest BCUT2D eigenvalue weighted by molar-refractivity contribution is 7.53. The summed E-state index contributed by atoms with van der Waals surface area (Å²) in [7, 11) is -4.07. The Labute approximate surface area is 134 Å². The Bertz CT molecular complexity index is 423. The van der Waals surface area contributed by atoms with E-state index in [0.717, 1.165) is 0 Å². The van der Waals surface area contributed by atoms with Crippen molar-refractivity contribution in [3.63, 3.8) is 0 Å². The summed E-state index contributed by atoms with van der Waals surface area (Å²) in [6.45, 7) is 8.08. The normalized spacial score (nSPS) is 13.4. The van der Waals surface area contributed by atoms with Crippen molar-refractivity contribution < 1.29 is 43.1 Å². The molecule has 10 nitrogen and oxygen atoms in total. The van der Waals surface area contributed by atoms with Crippen molar-refractivity contribution in [2.75, 3.05) is 19.4 Å². The van der Waals surface area contributed by atoms with Crippen molar-refractivity contribution in [1.29, 1.82) is 0 Å². The molecule has 11 heteroatoms. The molecule has 0 saturated heterocycles. The Kier molecular flexibility index (Phi) is 9.33. The van der Waals surface area contributed by atoms with Crippen LogP contribution in [0.4, 0.5) is 4.79 Å². The number of carbonyl (C=O) groups is 2. The van der Waals surface area contributed by atoms with Gasteiger partial charge in [0.1, 0.15) is 11.6 Å². The van der Waals surface area contributed by atoms with E-state index in [2.05, 4.69) is 24.4 Å². The molecule has 1 amide bonds. The summed E-state index contributed by atoms with van der Waals surface area (Å²) >= 11 is 0. The number of alkyl carbamates (subject to hydrolysis) is 1. The van der Waals surface area contributed by atoms with Gasteiger partial charge in [0.2, 0.25) is 0 Å². The number of nitrogens with one attached hydrogen (secondary N) is 1. The van der Waals surface area contributed by atoms with Gasteiger partial charge in [-0.2, -0.15) is 0 Å². The van der Waals surface area contributed by atoms with Crippen LogP contribution in [0.5, 0.6) is 0 Å². The molecule has 2 N–H and O–H groups in total. The van der Waals surface area contributed by atoms with Gasteiger partial charge in [0.25, 0.3) is 0 Å². The predicted molar refractivity (Wildman–Crippen MR) is 78.7 cm³/mol. The largest absolute Gasteiger partial charge is 0.480 e. The lowest BCUT2D eigenvalue weighted by atomic mass is 10.2. The van der Waals surface area contributed by atoms with Crippen LogP contribution in [0, 0.1) is 0 Å². The lowest BCUT2D eigenvalue weighted by Gasteiger charge is -2.23. The number of carboxylic acid groups (broad SMARTS) is 1. The lowest BCUT2D eigenvalue weighted by molar-refractivity contribution is -0.263. The van der Waals surface area contributed by atoms with Gasteiger partial charge < -0.3 is 15.2 Å². The molecular formula is C12H24NO9P. The van der Waals surface area contributed by atoms with E-state index >= 15 is 0 Å². The maximum Gasteiger partial charge on any atom is 0.408 e. The molecule has 1 atom stereocenters. The zero-order valence-corrected chi connectivity index (χ0v) is 14.8. The molecule has 0 aromatic rings. The number of hydrogen-bond donors (Lipinski definition) is 2. The first-order chi connectivity index (χ1) is 10.5. The van der Waals surface area contributed by atoms with E-state index in [4.69, 9.17) is 9.84 Å². The summed E-state index contributed by atoms with van der Waals surface area (Å²) in [6.07, 6.45) is -1.69. The third kappa shape index (κ3) is 10.2. The Hall–Kier alpha value is -1.19. The van der Waals surface area contributed by atoms with Gasteiger partial charge in [-0.15, -0.1) is 9.35 Å². The minimum atomic E-state index is -4.07. The quantitative estimate of drug-likeness (QED) is 0.343. The molecule has 0 spiro atoms. The van der Waals surface area contributed by atoms with Crippen LogP contribution in [-0.2, 0) is 33.2 Å². The van der Waals surface area contributed by atoms with Gasteiger partial charge in [0, 0.05) is 0 Å². The standard InChI is InChI=1S/C12H24NO9P/c1-6-18-21-23(17,22-19-7-2)8-9(10(14)15)13-11(16)20-12(3,4)5/h9H,6-8H2,1-5H3,(H,13,16)(H,14,15)/t9-/m0/s1. The summed E-state index contributed by atoms with van der Waals surface area (Å²) in [4.78, 5) is 32.0. The van der Waals surface area contributed by atoms with E-state index in [9.17, 15) is 14.2 Å². The number of rotatable bonds is 10. The molecule has 0 aromatic heterocycles. The van der Waals surface area contributed by atoms with Gasteiger partial charge in [-0.3, -0.25) is 4.57 Å². The third-order valence-corrected chi connectivity index (χ3v) is 3.44. The molecule has 0 radical (unpaired) electrons. The zero-order valence-electron chi connectivity index (χ0n) is 13.9. The van der Waals surface area contributed by atoms with Crippen LogP contribution in [0.1, 0.15) is 34.6 Å². The maximum atomic E-state index is 12.4. The molecule has 0 heterocycles. The Morgan fingerprint density at radius 3 is 1.96 bits per heavy atom. The first-order valence-electron chi connectivity index (χ1n) is 6.96. The third-order valence-electron chi connectivity index (χ3n) is 1.96. The highest BCUT2D eigenvalue weighted by atomic mass is 31.2. The second kappa shape index (κ2) is 9.84. The average Bonchev–Trinajstić information content (AvgIpc) is 2.40. The van der Waals surface area contributed by atoms with Crippen LogP contribution in [0.15, 0.2) is 0 Å². The van der Waals surface area contributed by atoms with Crippen molar-refractivity contribution >= 4 is 19.7 Å². The molecule has 0 rings (SSSR count). The van der Waals surface area contributed by atoms with E-state index < -0.39 is 37.5 Å². The molecule has 23 heavy (non-hydrogen) atoms. The first-order valence-corrected chi connectivity index (χ1v) is 8.69. The number of hydrogen-bond acceptors (Lipinski definition) is 8. The van der Waals surface area contributed by atoms with Crippen molar-refractivity contribution in [3.05, 3.63) is 0 Å². The highest BCUT2D eigenvalue weighted by Gasteiger charge is 2.37. The molecule has 136 valence electrons. The summed E-state index contributed by atoms with van der Waals surface area (Å²) in [6, 6.07) is -1.59. The molecule has 0 fully saturated rings. The Balaban J connectivity index is 4.94. The summed E-state index contributed by atoms with van der Waals surface area (Å²) < 4.78 is 26.5. The highest BCUT2D eigenvalue weighted by Crippen LogP contribution is 2.49. The molecule has 0 aliphatic rings. The monoisotopic (exact) mass is 357 g/mol. The van der Waals surface area contributed by atoms with Gasteiger partial charge in [0.05, 0.1) is 19.4 Å². The van der Waals surface area contributed by atoms with Crippen molar-refractivity contribution in [2.45, 2.75) is 46.3 Å². The number of ether oxygens (including phenoxy) is 1. The summed E-state index contributed by atoms with van der Waals surface area (Å²) in [5.74, 6) is -1.45. The second-order valence-electron chi connectivity index (χ2n) is 5.29. The van der Waals surface area contributed by atoms with Crippen molar-refractivity contribution in [1.82, 2.24) is 5.32 Å². The minimum absolute atomic E-state index is 0.0523. The van der Waals surface area contributed by atoms with Crippen molar-refractivity contribution in [2.24, 2.45) is 0 Å². The van der Waals surface area contributed by atoms with E-state index in [-0.39, 0.29) is 13.2 Å². The molecule has 0 aliphatic heterocycles. The number of amides is 1. The minimum Gasteiger partial charge on any atom is -0.480 e. The van der Waals surface area contributed by atoms with Gasteiger partial charge >= 0.3 is 19.7 Å². The fraction of sp³-hybridized carbons (Fsp3) is 0.833. The number of carbonyl (C=O) groups excluding carboxylic acids is 1. The molecule has 0 saturated carbocycles. The van der Waals surface area contributed by atoms with E-state index in [1.54, 1.807) is 34.6 Å². The smallest absolute Gasteiger partial charge is 0.408 e. The fourth-order valence-electron chi connectivity index (χ4n) is 1.20. The molecule has 0 aliphatic carbocycles. The van der Waals surface area contributed by atoms with Crippen LogP contribution >= 0.6 is 7.60 Å². The fourth-order valence-corrected chi connectivity index (χ4v) is 2.57. The molecule has 0 unspecified atom stereocenters. The maximum absolute atomic E-state index is 12.4. The van der Waals surface area contributed by atoms with Gasteiger partial charge in [-0.25, -0.2) is 19.4 Å². The van der Waals surface area contributed by atoms with E-state index in [1.165, 1.54) is 0 Å². The summed E-state index contributed by atoms with van der Waals surface area (Å²) in [5, 5.41) is 11.2. The van der Waals surface area contributed by atoms with Crippen LogP contribution in [0.25, 0.3) is 0 Å². The van der Waals surface area contributed by atoms with Crippen LogP contribution in [0.3, 0.4) is 0 Å². The topological polar surface area (TPSA) is 130 Å². The Morgan fingerprint density at radius 1 is 1.13 bits per heavy atom. The first kappa shape index (κ1) is 21.8. The molecule has 0 aromatic carbocycles. The predicted octanol–water partition coefficient (Wildman–Crippen LogP) is 2.09. The van der Waals surface area contributed by atoms with Gasteiger partial charge in [-0.1, -0.05) is 0 Å². The number of carboxylic acids is 1. The van der Waals surface area contributed by atoms with Crippen molar-refractivity contribution in [3.8, 4) is 0 Å². The summed E-state index contributed by atoms with van der Waals surface area (Å²) in [5.41, 5.74) is -0.819. The zero-order chi connectivity index (χ0) is 18.1. The Morgan fingerprint density at radius 2 is 1.61 bits per heavy atom. The van der Waals surface area contributed by atoms with Crippen LogP contribution in [-0.4, -0.2) is 48.2 Å². The lowest BCUT2D eigenvalue weighted by Crippen LogP contribution is -2.45. The van der Waals surface area contributed by atoms with Gasteiger partial charge in [-0.05, 0) is 34.6 Å². The van der Waals surface area contributed by atoms with Crippen LogP contribution in [0.2, 0.25) is 0 Å². The van der Waals surface area contributed by atoms with E-state index in [0.29, 0.717) is 0 Å². The molecule has 0 bridgehead atoms. The average molecular weight is 357 g/mol. The van der Waals surface area contributed by atoms with E-state index in [1.807, 2.05) is 0 Å². The SMILES string of the molecule is CCOOP(=O)(C[C@H](NC(=O)OC(C)(C)C)C(=O)O)OOCC. The van der Waals surface area contributed by atoms with Crippen LogP contribution < -0.4 is 5.32 Å².